The SMILES string of the molecule is COC(=O)c1cccc(C(=O)N[C@@H](Cc2cccc3ccccc23)C(=O)O)c1. The zero-order valence-electron chi connectivity index (χ0n) is 15.2. The van der Waals surface area contributed by atoms with Gasteiger partial charge in [-0.3, -0.25) is 4.79 Å². The van der Waals surface area contributed by atoms with E-state index < -0.39 is 23.9 Å². The van der Waals surface area contributed by atoms with Crippen LogP contribution in [0.15, 0.2) is 66.7 Å². The molecule has 0 bridgehead atoms. The van der Waals surface area contributed by atoms with Crippen molar-refractivity contribution in [2.45, 2.75) is 12.5 Å². The van der Waals surface area contributed by atoms with E-state index in [1.165, 1.54) is 25.3 Å². The van der Waals surface area contributed by atoms with Crippen molar-refractivity contribution < 1.29 is 24.2 Å². The first kappa shape index (κ1) is 19.1. The van der Waals surface area contributed by atoms with E-state index in [9.17, 15) is 19.5 Å². The molecule has 3 aromatic carbocycles. The molecule has 6 nitrogen and oxygen atoms in total. The molecule has 0 fully saturated rings. The fraction of sp³-hybridized carbons (Fsp3) is 0.136. The van der Waals surface area contributed by atoms with Gasteiger partial charge in [0.25, 0.3) is 5.91 Å². The monoisotopic (exact) mass is 377 g/mol. The molecule has 0 unspecified atom stereocenters. The number of aliphatic carboxylic acids is 1. The Balaban J connectivity index is 1.83. The molecule has 0 saturated heterocycles. The van der Waals surface area contributed by atoms with Gasteiger partial charge in [0.2, 0.25) is 0 Å². The molecule has 28 heavy (non-hydrogen) atoms. The Bertz CT molecular complexity index is 1040. The molecule has 0 spiro atoms. The molecule has 2 N–H and O–H groups in total. The van der Waals surface area contributed by atoms with Crippen LogP contribution in [-0.4, -0.2) is 36.1 Å². The minimum atomic E-state index is -1.13. The third kappa shape index (κ3) is 4.17. The standard InChI is InChI=1S/C22H19NO5/c1-28-22(27)17-10-5-9-16(12-17)20(24)23-19(21(25)26)13-15-8-4-7-14-6-2-3-11-18(14)15/h2-12,19H,13H2,1H3,(H,23,24)(H,25,26)/t19-/m0/s1. The number of fused-ring (bicyclic) bond motifs is 1. The van der Waals surface area contributed by atoms with Crippen LogP contribution in [0.5, 0.6) is 0 Å². The van der Waals surface area contributed by atoms with Gasteiger partial charge in [-0.05, 0) is 34.5 Å². The number of hydrogen-bond donors (Lipinski definition) is 2. The summed E-state index contributed by atoms with van der Waals surface area (Å²) in [4.78, 5) is 35.9. The summed E-state index contributed by atoms with van der Waals surface area (Å²) in [5, 5.41) is 14.1. The van der Waals surface area contributed by atoms with Crippen molar-refractivity contribution in [3.8, 4) is 0 Å². The number of carbonyl (C=O) groups is 3. The van der Waals surface area contributed by atoms with Gasteiger partial charge in [0.15, 0.2) is 0 Å². The molecule has 1 amide bonds. The zero-order chi connectivity index (χ0) is 20.1. The molecular weight excluding hydrogens is 358 g/mol. The maximum atomic E-state index is 12.5. The molecular formula is C22H19NO5. The second-order valence-corrected chi connectivity index (χ2v) is 6.28. The number of nitrogens with one attached hydrogen (secondary N) is 1. The van der Waals surface area contributed by atoms with Gasteiger partial charge in [0.05, 0.1) is 12.7 Å². The third-order valence-corrected chi connectivity index (χ3v) is 4.45. The smallest absolute Gasteiger partial charge is 0.337 e. The first-order valence-corrected chi connectivity index (χ1v) is 8.68. The number of rotatable bonds is 6. The predicted molar refractivity (Wildman–Crippen MR) is 104 cm³/mol. The average Bonchev–Trinajstić information content (AvgIpc) is 2.72. The minimum absolute atomic E-state index is 0.138. The van der Waals surface area contributed by atoms with Gasteiger partial charge < -0.3 is 15.2 Å². The number of benzene rings is 3. The van der Waals surface area contributed by atoms with Gasteiger partial charge in [0.1, 0.15) is 6.04 Å². The van der Waals surface area contributed by atoms with Crippen LogP contribution in [0.2, 0.25) is 0 Å². The molecule has 0 heterocycles. The van der Waals surface area contributed by atoms with Crippen molar-refractivity contribution in [2.24, 2.45) is 0 Å². The van der Waals surface area contributed by atoms with E-state index in [0.717, 1.165) is 16.3 Å². The molecule has 142 valence electrons. The number of carboxylic acid groups (broad SMARTS) is 1. The van der Waals surface area contributed by atoms with E-state index >= 15 is 0 Å². The van der Waals surface area contributed by atoms with Crippen molar-refractivity contribution in [2.75, 3.05) is 7.11 Å². The lowest BCUT2D eigenvalue weighted by atomic mass is 9.98. The highest BCUT2D eigenvalue weighted by molar-refractivity contribution is 5.99. The summed E-state index contributed by atoms with van der Waals surface area (Å²) in [6.45, 7) is 0. The minimum Gasteiger partial charge on any atom is -0.480 e. The summed E-state index contributed by atoms with van der Waals surface area (Å²) in [5.74, 6) is -2.27. The number of carbonyl (C=O) groups excluding carboxylic acids is 2. The van der Waals surface area contributed by atoms with Gasteiger partial charge in [-0.2, -0.15) is 0 Å². The van der Waals surface area contributed by atoms with Gasteiger partial charge in [0, 0.05) is 12.0 Å². The maximum absolute atomic E-state index is 12.5. The second-order valence-electron chi connectivity index (χ2n) is 6.28. The molecule has 0 saturated carbocycles. The molecule has 6 heteroatoms. The van der Waals surface area contributed by atoms with E-state index in [4.69, 9.17) is 0 Å². The van der Waals surface area contributed by atoms with Crippen LogP contribution < -0.4 is 5.32 Å². The summed E-state index contributed by atoms with van der Waals surface area (Å²) in [5.41, 5.74) is 1.23. The van der Waals surface area contributed by atoms with Crippen LogP contribution in [0.4, 0.5) is 0 Å². The van der Waals surface area contributed by atoms with E-state index in [2.05, 4.69) is 10.1 Å². The predicted octanol–water partition coefficient (Wildman–Crippen LogP) is 3.05. The molecule has 0 aliphatic rings. The van der Waals surface area contributed by atoms with E-state index in [1.54, 1.807) is 6.07 Å². The highest BCUT2D eigenvalue weighted by Gasteiger charge is 2.22. The molecule has 0 aliphatic carbocycles. The van der Waals surface area contributed by atoms with Gasteiger partial charge in [-0.1, -0.05) is 48.5 Å². The average molecular weight is 377 g/mol. The quantitative estimate of drug-likeness (QED) is 0.644. The fourth-order valence-electron chi connectivity index (χ4n) is 3.04. The Morgan fingerprint density at radius 2 is 1.64 bits per heavy atom. The molecule has 0 aliphatic heterocycles. The summed E-state index contributed by atoms with van der Waals surface area (Å²) in [6, 6.07) is 18.2. The van der Waals surface area contributed by atoms with Gasteiger partial charge in [-0.25, -0.2) is 9.59 Å². The molecule has 0 radical (unpaired) electrons. The Labute approximate surface area is 161 Å². The van der Waals surface area contributed by atoms with E-state index in [0.29, 0.717) is 0 Å². The zero-order valence-corrected chi connectivity index (χ0v) is 15.2. The van der Waals surface area contributed by atoms with Gasteiger partial charge >= 0.3 is 11.9 Å². The number of carboxylic acids is 1. The normalized spacial score (nSPS) is 11.6. The third-order valence-electron chi connectivity index (χ3n) is 4.45. The van der Waals surface area contributed by atoms with Crippen LogP contribution >= 0.6 is 0 Å². The molecule has 0 aromatic heterocycles. The number of methoxy groups -OCH3 is 1. The lowest BCUT2D eigenvalue weighted by Crippen LogP contribution is -2.42. The lowest BCUT2D eigenvalue weighted by Gasteiger charge is -2.16. The number of esters is 1. The van der Waals surface area contributed by atoms with Crippen LogP contribution in [-0.2, 0) is 16.0 Å². The summed E-state index contributed by atoms with van der Waals surface area (Å²) in [7, 11) is 1.25. The Kier molecular flexibility index (Phi) is 5.69. The highest BCUT2D eigenvalue weighted by Crippen LogP contribution is 2.20. The molecule has 3 aromatic rings. The van der Waals surface area contributed by atoms with Crippen molar-refractivity contribution in [3.63, 3.8) is 0 Å². The van der Waals surface area contributed by atoms with Crippen LogP contribution in [0.1, 0.15) is 26.3 Å². The number of amides is 1. The van der Waals surface area contributed by atoms with Gasteiger partial charge in [-0.15, -0.1) is 0 Å². The first-order chi connectivity index (χ1) is 13.5. The summed E-state index contributed by atoms with van der Waals surface area (Å²) in [6.07, 6.45) is 0.138. The van der Waals surface area contributed by atoms with Crippen molar-refractivity contribution in [1.82, 2.24) is 5.32 Å². The van der Waals surface area contributed by atoms with Crippen molar-refractivity contribution in [3.05, 3.63) is 83.4 Å². The maximum Gasteiger partial charge on any atom is 0.337 e. The summed E-state index contributed by atoms with van der Waals surface area (Å²) < 4.78 is 4.65. The van der Waals surface area contributed by atoms with E-state index in [1.807, 2.05) is 42.5 Å². The Hall–Kier alpha value is -3.67. The molecule has 1 atom stereocenters. The Morgan fingerprint density at radius 1 is 0.964 bits per heavy atom. The Morgan fingerprint density at radius 3 is 2.39 bits per heavy atom. The largest absolute Gasteiger partial charge is 0.480 e. The highest BCUT2D eigenvalue weighted by atomic mass is 16.5. The van der Waals surface area contributed by atoms with Crippen LogP contribution in [0, 0.1) is 0 Å². The second kappa shape index (κ2) is 8.35. The fourth-order valence-corrected chi connectivity index (χ4v) is 3.04. The van der Waals surface area contributed by atoms with Crippen LogP contribution in [0.25, 0.3) is 10.8 Å². The van der Waals surface area contributed by atoms with Crippen molar-refractivity contribution in [1.29, 1.82) is 0 Å². The number of ether oxygens (including phenoxy) is 1. The van der Waals surface area contributed by atoms with E-state index in [-0.39, 0.29) is 17.5 Å². The topological polar surface area (TPSA) is 92.7 Å². The van der Waals surface area contributed by atoms with Crippen LogP contribution in [0.3, 0.4) is 0 Å². The first-order valence-electron chi connectivity index (χ1n) is 8.68. The lowest BCUT2D eigenvalue weighted by molar-refractivity contribution is -0.139. The number of hydrogen-bond acceptors (Lipinski definition) is 4. The summed E-state index contributed by atoms with van der Waals surface area (Å²) >= 11 is 0. The molecule has 3 rings (SSSR count). The van der Waals surface area contributed by atoms with Crippen molar-refractivity contribution >= 4 is 28.6 Å².